The van der Waals surface area contributed by atoms with Gasteiger partial charge in [-0.25, -0.2) is 14.4 Å². The van der Waals surface area contributed by atoms with Gasteiger partial charge in [-0.2, -0.15) is 5.10 Å². The molecule has 1 aromatic carbocycles. The third-order valence-corrected chi connectivity index (χ3v) is 4.79. The van der Waals surface area contributed by atoms with Crippen molar-refractivity contribution in [3.63, 3.8) is 0 Å². The van der Waals surface area contributed by atoms with Crippen LogP contribution in [0.1, 0.15) is 12.5 Å². The minimum Gasteiger partial charge on any atom is -0.406 e. The number of ether oxygens (including phenoxy) is 1. The molecule has 2 aromatic heterocycles. The summed E-state index contributed by atoms with van der Waals surface area (Å²) in [7, 11) is 0. The van der Waals surface area contributed by atoms with Gasteiger partial charge in [-0.3, -0.25) is 9.78 Å². The number of pyridine rings is 1. The van der Waals surface area contributed by atoms with Gasteiger partial charge in [-0.1, -0.05) is 0 Å². The Morgan fingerprint density at radius 3 is 2.48 bits per heavy atom. The molecule has 0 spiro atoms. The lowest BCUT2D eigenvalue weighted by molar-refractivity contribution is -0.274. The van der Waals surface area contributed by atoms with Gasteiger partial charge in [0.25, 0.3) is 5.91 Å². The van der Waals surface area contributed by atoms with Crippen LogP contribution < -0.4 is 9.64 Å². The molecular weight excluding hydrogens is 415 g/mol. The fourth-order valence-electron chi connectivity index (χ4n) is 3.30. The Kier molecular flexibility index (Phi) is 5.09. The number of halogens is 3. The van der Waals surface area contributed by atoms with Crippen LogP contribution in [-0.2, 0) is 11.3 Å². The number of imide groups is 1. The van der Waals surface area contributed by atoms with Gasteiger partial charge in [0.2, 0.25) is 0 Å². The van der Waals surface area contributed by atoms with Crippen molar-refractivity contribution in [2.45, 2.75) is 25.9 Å². The number of anilines is 1. The van der Waals surface area contributed by atoms with Crippen molar-refractivity contribution < 1.29 is 27.5 Å². The first-order valence-electron chi connectivity index (χ1n) is 9.18. The second kappa shape index (κ2) is 7.74. The molecule has 31 heavy (non-hydrogen) atoms. The molecule has 0 aliphatic carbocycles. The van der Waals surface area contributed by atoms with E-state index in [0.29, 0.717) is 5.69 Å². The molecule has 3 heterocycles. The van der Waals surface area contributed by atoms with E-state index >= 15 is 0 Å². The molecule has 3 amide bonds. The smallest absolute Gasteiger partial charge is 0.406 e. The Morgan fingerprint density at radius 2 is 1.84 bits per heavy atom. The number of hydrogen-bond donors (Lipinski definition) is 0. The maximum Gasteiger partial charge on any atom is 0.573 e. The maximum absolute atomic E-state index is 13.0. The lowest BCUT2D eigenvalue weighted by atomic mass is 10.2. The van der Waals surface area contributed by atoms with Crippen molar-refractivity contribution in [3.8, 4) is 11.4 Å². The van der Waals surface area contributed by atoms with E-state index in [0.717, 1.165) is 22.6 Å². The Morgan fingerprint density at radius 1 is 1.10 bits per heavy atom. The van der Waals surface area contributed by atoms with E-state index in [1.807, 2.05) is 0 Å². The molecule has 1 saturated heterocycles. The quantitative estimate of drug-likeness (QED) is 0.578. The van der Waals surface area contributed by atoms with Crippen LogP contribution in [0.5, 0.6) is 5.75 Å². The van der Waals surface area contributed by atoms with E-state index in [9.17, 15) is 22.8 Å². The number of aromatic nitrogens is 3. The summed E-state index contributed by atoms with van der Waals surface area (Å²) in [4.78, 5) is 32.2. The predicted octanol–water partition coefficient (Wildman–Crippen LogP) is 3.52. The van der Waals surface area contributed by atoms with E-state index in [4.69, 9.17) is 0 Å². The molecule has 1 fully saturated rings. The summed E-state index contributed by atoms with van der Waals surface area (Å²) in [6.45, 7) is 1.71. The molecule has 0 saturated carbocycles. The zero-order chi connectivity index (χ0) is 22.2. The predicted molar refractivity (Wildman–Crippen MR) is 102 cm³/mol. The minimum absolute atomic E-state index is 0.120. The van der Waals surface area contributed by atoms with Crippen molar-refractivity contribution >= 4 is 17.6 Å². The van der Waals surface area contributed by atoms with Gasteiger partial charge in [-0.15, -0.1) is 13.2 Å². The highest BCUT2D eigenvalue weighted by atomic mass is 19.4. The van der Waals surface area contributed by atoms with Crippen LogP contribution in [0.4, 0.5) is 23.7 Å². The Labute approximate surface area is 174 Å². The second-order valence-corrected chi connectivity index (χ2v) is 6.76. The summed E-state index contributed by atoms with van der Waals surface area (Å²) in [6.07, 6.45) is 1.69. The lowest BCUT2D eigenvalue weighted by Crippen LogP contribution is -2.33. The number of nitrogens with zero attached hydrogens (tertiary/aromatic N) is 5. The molecule has 0 N–H and O–H groups in total. The molecule has 0 bridgehead atoms. The molecule has 0 radical (unpaired) electrons. The first-order chi connectivity index (χ1) is 14.7. The van der Waals surface area contributed by atoms with E-state index in [-0.39, 0.29) is 12.2 Å². The van der Waals surface area contributed by atoms with Crippen LogP contribution >= 0.6 is 0 Å². The number of carbonyl (C=O) groups excluding carboxylic acids is 2. The average molecular weight is 431 g/mol. The molecule has 1 aliphatic rings. The van der Waals surface area contributed by atoms with Crippen molar-refractivity contribution in [2.75, 3.05) is 4.90 Å². The first kappa shape index (κ1) is 20.4. The van der Waals surface area contributed by atoms with E-state index in [1.165, 1.54) is 17.0 Å². The number of rotatable bonds is 5. The largest absolute Gasteiger partial charge is 0.573 e. The van der Waals surface area contributed by atoms with Crippen LogP contribution in [0.3, 0.4) is 0 Å². The Bertz CT molecular complexity index is 1100. The first-order valence-corrected chi connectivity index (χ1v) is 9.18. The molecule has 1 atom stereocenters. The Hall–Kier alpha value is -3.89. The summed E-state index contributed by atoms with van der Waals surface area (Å²) in [5.41, 5.74) is 1.54. The zero-order valence-electron chi connectivity index (χ0n) is 16.2. The fraction of sp³-hybridized carbons (Fsp3) is 0.200. The average Bonchev–Trinajstić information content (AvgIpc) is 3.32. The van der Waals surface area contributed by atoms with Crippen molar-refractivity contribution in [1.82, 2.24) is 19.7 Å². The summed E-state index contributed by atoms with van der Waals surface area (Å²) in [5, 5.41) is 4.17. The standard InChI is InChI=1S/C20H16F3N5O3/c1-13-18(29)28(15-3-5-16(6-4-15)31-20(21,22)23)19(30)26(13)12-14-7-9-24-11-17(14)27-10-2-8-25-27/h2-11,13H,12H2,1H3. The number of amides is 3. The minimum atomic E-state index is -4.83. The molecule has 1 aliphatic heterocycles. The van der Waals surface area contributed by atoms with Gasteiger partial charge in [0.05, 0.1) is 24.1 Å². The van der Waals surface area contributed by atoms with E-state index in [1.54, 1.807) is 48.5 Å². The lowest BCUT2D eigenvalue weighted by Gasteiger charge is -2.21. The third kappa shape index (κ3) is 4.06. The van der Waals surface area contributed by atoms with Gasteiger partial charge in [0.1, 0.15) is 11.8 Å². The molecule has 11 heteroatoms. The summed E-state index contributed by atoms with van der Waals surface area (Å²) >= 11 is 0. The molecule has 4 rings (SSSR count). The third-order valence-electron chi connectivity index (χ3n) is 4.79. The SMILES string of the molecule is CC1C(=O)N(c2ccc(OC(F)(F)F)cc2)C(=O)N1Cc1ccncc1-n1cccn1. The summed E-state index contributed by atoms with van der Waals surface area (Å²) in [5.74, 6) is -0.926. The summed E-state index contributed by atoms with van der Waals surface area (Å²) < 4.78 is 42.5. The van der Waals surface area contributed by atoms with E-state index in [2.05, 4.69) is 14.8 Å². The van der Waals surface area contributed by atoms with Crippen molar-refractivity contribution in [2.24, 2.45) is 0 Å². The van der Waals surface area contributed by atoms with Crippen LogP contribution in [-0.4, -0.2) is 44.0 Å². The molecular formula is C20H16F3N5O3. The fourth-order valence-corrected chi connectivity index (χ4v) is 3.30. The van der Waals surface area contributed by atoms with Crippen LogP contribution in [0.2, 0.25) is 0 Å². The van der Waals surface area contributed by atoms with Crippen LogP contribution in [0.25, 0.3) is 5.69 Å². The number of benzene rings is 1. The molecule has 160 valence electrons. The normalized spacial score (nSPS) is 16.8. The highest BCUT2D eigenvalue weighted by Gasteiger charge is 2.43. The van der Waals surface area contributed by atoms with Crippen LogP contribution in [0, 0.1) is 0 Å². The summed E-state index contributed by atoms with van der Waals surface area (Å²) in [6, 6.07) is 6.70. The van der Waals surface area contributed by atoms with E-state index < -0.39 is 30.1 Å². The highest BCUT2D eigenvalue weighted by Crippen LogP contribution is 2.30. The van der Waals surface area contributed by atoms with Gasteiger partial charge >= 0.3 is 12.4 Å². The molecule has 3 aromatic rings. The number of urea groups is 1. The maximum atomic E-state index is 13.0. The zero-order valence-corrected chi connectivity index (χ0v) is 16.2. The van der Waals surface area contributed by atoms with Crippen LogP contribution in [0.15, 0.2) is 61.2 Å². The van der Waals surface area contributed by atoms with Crippen molar-refractivity contribution in [3.05, 3.63) is 66.7 Å². The van der Waals surface area contributed by atoms with Gasteiger partial charge < -0.3 is 9.64 Å². The highest BCUT2D eigenvalue weighted by molar-refractivity contribution is 6.21. The van der Waals surface area contributed by atoms with Crippen molar-refractivity contribution in [1.29, 1.82) is 0 Å². The number of alkyl halides is 3. The second-order valence-electron chi connectivity index (χ2n) is 6.76. The topological polar surface area (TPSA) is 80.6 Å². The van der Waals surface area contributed by atoms with Gasteiger partial charge in [0.15, 0.2) is 0 Å². The molecule has 8 nitrogen and oxygen atoms in total. The molecule has 1 unspecified atom stereocenters. The number of carbonyl (C=O) groups is 2. The monoisotopic (exact) mass is 431 g/mol. The Balaban J connectivity index is 1.58. The van der Waals surface area contributed by atoms with Gasteiger partial charge in [0, 0.05) is 24.2 Å². The van der Waals surface area contributed by atoms with Gasteiger partial charge in [-0.05, 0) is 43.3 Å². The number of hydrogen-bond acceptors (Lipinski definition) is 5.